The van der Waals surface area contributed by atoms with Crippen LogP contribution in [0.4, 0.5) is 0 Å². The zero-order valence-corrected chi connectivity index (χ0v) is 15.4. The number of nitrogens with two attached hydrogens (primary N) is 1. The minimum Gasteiger partial charge on any atom is -0.422 e. The lowest BCUT2D eigenvalue weighted by molar-refractivity contribution is 0.0656. The molecule has 1 amide bonds. The molecule has 2 aromatic rings. The van der Waals surface area contributed by atoms with Crippen molar-refractivity contribution in [1.82, 2.24) is 4.90 Å². The van der Waals surface area contributed by atoms with E-state index in [0.717, 1.165) is 22.7 Å². The first-order chi connectivity index (χ1) is 11.4. The van der Waals surface area contributed by atoms with Gasteiger partial charge in [-0.1, -0.05) is 15.9 Å². The maximum absolute atomic E-state index is 13.0. The average molecular weight is 393 g/mol. The molecule has 1 saturated heterocycles. The minimum absolute atomic E-state index is 0.0330. The fraction of sp³-hybridized carbons (Fsp3) is 0.444. The van der Waals surface area contributed by atoms with Crippen molar-refractivity contribution in [3.63, 3.8) is 0 Å². The number of carbonyl (C=O) groups excluding carboxylic acids is 1. The van der Waals surface area contributed by atoms with Gasteiger partial charge in [0.1, 0.15) is 11.1 Å². The molecule has 2 unspecified atom stereocenters. The van der Waals surface area contributed by atoms with Gasteiger partial charge in [-0.3, -0.25) is 4.79 Å². The van der Waals surface area contributed by atoms with Crippen molar-refractivity contribution >= 4 is 32.8 Å². The molecule has 5 nitrogen and oxygen atoms in total. The molecule has 2 heterocycles. The maximum atomic E-state index is 13.0. The van der Waals surface area contributed by atoms with Crippen molar-refractivity contribution in [1.29, 1.82) is 0 Å². The molecular formula is C18H21BrN2O3. The summed E-state index contributed by atoms with van der Waals surface area (Å²) in [6, 6.07) is 5.44. The lowest BCUT2D eigenvalue weighted by Crippen LogP contribution is -2.46. The Labute approximate surface area is 148 Å². The number of halogens is 1. The Balaban J connectivity index is 2.02. The molecule has 3 rings (SSSR count). The van der Waals surface area contributed by atoms with Gasteiger partial charge in [0.15, 0.2) is 0 Å². The predicted molar refractivity (Wildman–Crippen MR) is 97.2 cm³/mol. The van der Waals surface area contributed by atoms with E-state index in [1.807, 2.05) is 19.1 Å². The Morgan fingerprint density at radius 2 is 2.21 bits per heavy atom. The lowest BCUT2D eigenvalue weighted by Gasteiger charge is -2.34. The molecule has 128 valence electrons. The van der Waals surface area contributed by atoms with Gasteiger partial charge >= 0.3 is 5.63 Å². The van der Waals surface area contributed by atoms with E-state index in [9.17, 15) is 9.59 Å². The molecule has 0 spiro atoms. The van der Waals surface area contributed by atoms with E-state index >= 15 is 0 Å². The monoisotopic (exact) mass is 392 g/mol. The van der Waals surface area contributed by atoms with Crippen LogP contribution < -0.4 is 11.4 Å². The summed E-state index contributed by atoms with van der Waals surface area (Å²) in [6.45, 7) is 5.00. The van der Waals surface area contributed by atoms with Crippen LogP contribution in [0.2, 0.25) is 0 Å². The molecule has 0 bridgehead atoms. The first-order valence-electron chi connectivity index (χ1n) is 8.16. The second kappa shape index (κ2) is 6.69. The molecule has 1 aliphatic rings. The number of amides is 1. The van der Waals surface area contributed by atoms with E-state index in [-0.39, 0.29) is 23.4 Å². The Kier molecular flexibility index (Phi) is 4.78. The molecule has 1 aromatic carbocycles. The topological polar surface area (TPSA) is 76.5 Å². The molecular weight excluding hydrogens is 372 g/mol. The number of piperidine rings is 1. The predicted octanol–water partition coefficient (Wildman–Crippen LogP) is 3.06. The summed E-state index contributed by atoms with van der Waals surface area (Å²) in [4.78, 5) is 27.1. The molecule has 24 heavy (non-hydrogen) atoms. The van der Waals surface area contributed by atoms with Gasteiger partial charge in [-0.25, -0.2) is 4.79 Å². The molecule has 0 saturated carbocycles. The Morgan fingerprint density at radius 1 is 1.46 bits per heavy atom. The molecule has 0 radical (unpaired) electrons. The van der Waals surface area contributed by atoms with Crippen molar-refractivity contribution in [3.8, 4) is 0 Å². The van der Waals surface area contributed by atoms with E-state index in [0.29, 0.717) is 24.2 Å². The average Bonchev–Trinajstić information content (AvgIpc) is 2.55. The van der Waals surface area contributed by atoms with Gasteiger partial charge in [-0.2, -0.15) is 0 Å². The van der Waals surface area contributed by atoms with Crippen LogP contribution in [0.5, 0.6) is 0 Å². The smallest absolute Gasteiger partial charge is 0.349 e. The van der Waals surface area contributed by atoms with Crippen LogP contribution in [0.1, 0.15) is 35.7 Å². The number of hydrogen-bond donors (Lipinski definition) is 1. The van der Waals surface area contributed by atoms with Crippen molar-refractivity contribution in [2.24, 2.45) is 11.7 Å². The third kappa shape index (κ3) is 3.13. The number of aryl methyl sites for hydroxylation is 1. The zero-order chi connectivity index (χ0) is 17.4. The largest absolute Gasteiger partial charge is 0.422 e. The number of hydrogen-bond acceptors (Lipinski definition) is 4. The molecule has 2 N–H and O–H groups in total. The number of likely N-dealkylation sites (tertiary alicyclic amines) is 1. The van der Waals surface area contributed by atoms with Gasteiger partial charge < -0.3 is 15.1 Å². The maximum Gasteiger partial charge on any atom is 0.349 e. The first-order valence-corrected chi connectivity index (χ1v) is 8.95. The SMILES string of the molecule is Cc1c(C(=O)N2CCCC(C(C)N)C2)c(=O)oc2ccc(Br)cc12. The lowest BCUT2D eigenvalue weighted by atomic mass is 9.91. The number of benzene rings is 1. The van der Waals surface area contributed by atoms with E-state index in [2.05, 4.69) is 15.9 Å². The number of rotatable bonds is 2. The molecule has 0 aliphatic carbocycles. The Morgan fingerprint density at radius 3 is 2.92 bits per heavy atom. The van der Waals surface area contributed by atoms with Crippen LogP contribution in [0, 0.1) is 12.8 Å². The van der Waals surface area contributed by atoms with E-state index < -0.39 is 5.63 Å². The standard InChI is InChI=1S/C18H21BrN2O3/c1-10-14-8-13(19)5-6-15(14)24-18(23)16(10)17(22)21-7-3-4-12(9-21)11(2)20/h5-6,8,11-12H,3-4,7,9,20H2,1-2H3. The summed E-state index contributed by atoms with van der Waals surface area (Å²) >= 11 is 3.42. The highest BCUT2D eigenvalue weighted by atomic mass is 79.9. The van der Waals surface area contributed by atoms with E-state index in [4.69, 9.17) is 10.2 Å². The number of fused-ring (bicyclic) bond motifs is 1. The minimum atomic E-state index is -0.574. The van der Waals surface area contributed by atoms with Gasteiger partial charge in [-0.05, 0) is 56.4 Å². The van der Waals surface area contributed by atoms with Crippen LogP contribution >= 0.6 is 15.9 Å². The van der Waals surface area contributed by atoms with Crippen molar-refractivity contribution < 1.29 is 9.21 Å². The fourth-order valence-electron chi connectivity index (χ4n) is 3.35. The molecule has 6 heteroatoms. The van der Waals surface area contributed by atoms with E-state index in [1.54, 1.807) is 17.9 Å². The van der Waals surface area contributed by atoms with Gasteiger partial charge in [0.2, 0.25) is 0 Å². The molecule has 2 atom stereocenters. The number of nitrogens with zero attached hydrogens (tertiary/aromatic N) is 1. The van der Waals surface area contributed by atoms with E-state index in [1.165, 1.54) is 0 Å². The van der Waals surface area contributed by atoms with Crippen molar-refractivity contribution in [2.45, 2.75) is 32.7 Å². The fourth-order valence-corrected chi connectivity index (χ4v) is 3.71. The molecule has 1 fully saturated rings. The summed E-state index contributed by atoms with van der Waals surface area (Å²) in [6.07, 6.45) is 1.92. The van der Waals surface area contributed by atoms with Crippen molar-refractivity contribution in [3.05, 3.63) is 44.2 Å². The third-order valence-electron chi connectivity index (χ3n) is 4.83. The second-order valence-electron chi connectivity index (χ2n) is 6.54. The van der Waals surface area contributed by atoms with Crippen LogP contribution in [-0.2, 0) is 0 Å². The summed E-state index contributed by atoms with van der Waals surface area (Å²) in [5.41, 5.74) is 6.70. The quantitative estimate of drug-likeness (QED) is 0.796. The second-order valence-corrected chi connectivity index (χ2v) is 7.46. The van der Waals surface area contributed by atoms with Crippen LogP contribution in [0.15, 0.2) is 31.9 Å². The van der Waals surface area contributed by atoms with Gasteiger partial charge in [-0.15, -0.1) is 0 Å². The third-order valence-corrected chi connectivity index (χ3v) is 5.32. The summed E-state index contributed by atoms with van der Waals surface area (Å²) < 4.78 is 6.24. The van der Waals surface area contributed by atoms with Crippen LogP contribution in [-0.4, -0.2) is 29.9 Å². The van der Waals surface area contributed by atoms with Crippen molar-refractivity contribution in [2.75, 3.05) is 13.1 Å². The molecule has 1 aromatic heterocycles. The van der Waals surface area contributed by atoms with Gasteiger partial charge in [0.25, 0.3) is 5.91 Å². The first kappa shape index (κ1) is 17.2. The zero-order valence-electron chi connectivity index (χ0n) is 13.8. The van der Waals surface area contributed by atoms with Gasteiger partial charge in [0.05, 0.1) is 0 Å². The Hall–Kier alpha value is -1.66. The van der Waals surface area contributed by atoms with Gasteiger partial charge in [0, 0.05) is 29.0 Å². The number of carbonyl (C=O) groups is 1. The summed E-state index contributed by atoms with van der Waals surface area (Å²) in [5, 5.41) is 0.771. The Bertz CT molecular complexity index is 844. The molecule has 1 aliphatic heterocycles. The summed E-state index contributed by atoms with van der Waals surface area (Å²) in [7, 11) is 0. The highest BCUT2D eigenvalue weighted by molar-refractivity contribution is 9.10. The highest BCUT2D eigenvalue weighted by Gasteiger charge is 2.29. The van der Waals surface area contributed by atoms with Crippen LogP contribution in [0.25, 0.3) is 11.0 Å². The highest BCUT2D eigenvalue weighted by Crippen LogP contribution is 2.25. The normalized spacial score (nSPS) is 19.5. The van der Waals surface area contributed by atoms with Crippen LogP contribution in [0.3, 0.4) is 0 Å². The summed E-state index contributed by atoms with van der Waals surface area (Å²) in [5.74, 6) is 0.0122.